The van der Waals surface area contributed by atoms with Crippen molar-refractivity contribution in [3.05, 3.63) is 91.0 Å². The number of benzene rings is 3. The summed E-state index contributed by atoms with van der Waals surface area (Å²) in [5, 5.41) is 4.31. The second kappa shape index (κ2) is 7.63. The van der Waals surface area contributed by atoms with E-state index in [2.05, 4.69) is 91.0 Å². The molecule has 0 aliphatic carbocycles. The fraction of sp³-hybridized carbons (Fsp3) is 0. The first-order chi connectivity index (χ1) is 9.45. The van der Waals surface area contributed by atoms with E-state index < -0.39 is 7.92 Å². The van der Waals surface area contributed by atoms with Gasteiger partial charge in [0.05, 0.1) is 7.92 Å². The number of rotatable bonds is 3. The Hall–Kier alpha value is -1.09. The van der Waals surface area contributed by atoms with E-state index in [1.165, 1.54) is 15.9 Å². The van der Waals surface area contributed by atoms with Crippen molar-refractivity contribution in [2.75, 3.05) is 0 Å². The summed E-state index contributed by atoms with van der Waals surface area (Å²) in [5.74, 6) is 0. The van der Waals surface area contributed by atoms with Gasteiger partial charge in [-0.25, -0.2) is 0 Å². The molecule has 0 aliphatic heterocycles. The molecule has 3 aromatic rings. The summed E-state index contributed by atoms with van der Waals surface area (Å²) < 4.78 is 0. The first-order valence-corrected chi connectivity index (χ1v) is 7.98. The Morgan fingerprint density at radius 1 is 0.400 bits per heavy atom. The van der Waals surface area contributed by atoms with Crippen LogP contribution in [0, 0.1) is 0 Å². The van der Waals surface area contributed by atoms with E-state index in [9.17, 15) is 0 Å². The van der Waals surface area contributed by atoms with Crippen LogP contribution >= 0.6 is 7.92 Å². The van der Waals surface area contributed by atoms with Crippen LogP contribution in [-0.2, 0) is 0 Å². The monoisotopic (exact) mass is 386 g/mol. The zero-order chi connectivity index (χ0) is 12.9. The van der Waals surface area contributed by atoms with Gasteiger partial charge in [0.15, 0.2) is 0 Å². The van der Waals surface area contributed by atoms with Crippen LogP contribution in [0.25, 0.3) is 0 Å². The van der Waals surface area contributed by atoms with Gasteiger partial charge in [0.25, 0.3) is 0 Å². The molecule has 0 unspecified atom stereocenters. The van der Waals surface area contributed by atoms with E-state index >= 15 is 0 Å². The summed E-state index contributed by atoms with van der Waals surface area (Å²) in [6.07, 6.45) is 0. The van der Waals surface area contributed by atoms with Gasteiger partial charge < -0.3 is 0 Å². The third kappa shape index (κ3) is 3.51. The second-order valence-electron chi connectivity index (χ2n) is 4.47. The molecule has 0 atom stereocenters. The Labute approximate surface area is 139 Å². The van der Waals surface area contributed by atoms with Gasteiger partial charge in [-0.05, 0) is 36.4 Å². The summed E-state index contributed by atoms with van der Waals surface area (Å²) in [5.41, 5.74) is 0. The minimum Gasteiger partial charge on any atom is -0.0620 e. The molecule has 0 fully saturated rings. The van der Waals surface area contributed by atoms with Gasteiger partial charge >= 0.3 is 24.4 Å². The second-order valence-corrected chi connectivity index (χ2v) is 6.96. The van der Waals surface area contributed by atoms with Crippen LogP contribution in [0.5, 0.6) is 0 Å². The van der Waals surface area contributed by atoms with Crippen molar-refractivity contribution in [1.29, 1.82) is 0 Å². The standard InChI is InChI=1S/C18H15P.Sb.2H/c1-4-10-16(11-5-1)19(17-12-6-2-7-13-17)18-14-8-3-9-15-18;;;/h1-15H;;;/p+1. The van der Waals surface area contributed by atoms with Crippen LogP contribution in [0.1, 0.15) is 0 Å². The van der Waals surface area contributed by atoms with Gasteiger partial charge in [-0.3, -0.25) is 0 Å². The van der Waals surface area contributed by atoms with E-state index in [1.807, 2.05) is 0 Å². The molecule has 0 saturated heterocycles. The molecule has 0 spiro atoms. The maximum absolute atomic E-state index is 2.24. The maximum Gasteiger partial charge on any atom is 0.102 e. The molecule has 0 aromatic heterocycles. The van der Waals surface area contributed by atoms with E-state index in [0.717, 1.165) is 0 Å². The molecule has 0 heterocycles. The quantitative estimate of drug-likeness (QED) is 0.478. The predicted molar refractivity (Wildman–Crippen MR) is 95.1 cm³/mol. The van der Waals surface area contributed by atoms with Gasteiger partial charge in [-0.2, -0.15) is 0 Å². The van der Waals surface area contributed by atoms with Crippen molar-refractivity contribution in [1.82, 2.24) is 0 Å². The van der Waals surface area contributed by atoms with E-state index in [0.29, 0.717) is 0 Å². The van der Waals surface area contributed by atoms with Crippen LogP contribution in [0.3, 0.4) is 0 Å². The summed E-state index contributed by atoms with van der Waals surface area (Å²) in [4.78, 5) is 0. The summed E-state index contributed by atoms with van der Waals surface area (Å²) in [7, 11) is -0.877. The smallest absolute Gasteiger partial charge is 0.0620 e. The van der Waals surface area contributed by atoms with Gasteiger partial charge in [-0.1, -0.05) is 54.6 Å². The van der Waals surface area contributed by atoms with E-state index in [-0.39, 0.29) is 24.4 Å². The van der Waals surface area contributed by atoms with Gasteiger partial charge in [0.2, 0.25) is 0 Å². The van der Waals surface area contributed by atoms with Crippen molar-refractivity contribution in [3.8, 4) is 0 Å². The largest absolute Gasteiger partial charge is 0.102 e. The Balaban J connectivity index is 0.00000147. The first kappa shape index (κ1) is 15.3. The molecule has 0 bridgehead atoms. The fourth-order valence-corrected chi connectivity index (χ4v) is 4.89. The van der Waals surface area contributed by atoms with Crippen molar-refractivity contribution in [3.63, 3.8) is 0 Å². The van der Waals surface area contributed by atoms with Gasteiger partial charge in [-0.15, -0.1) is 0 Å². The maximum atomic E-state index is 2.24. The average molecular weight is 387 g/mol. The van der Waals surface area contributed by atoms with Crippen molar-refractivity contribution in [2.24, 2.45) is 0 Å². The van der Waals surface area contributed by atoms with Gasteiger partial charge in [0.1, 0.15) is 15.9 Å². The molecular weight excluding hydrogens is 369 g/mol. The molecule has 0 nitrogen and oxygen atoms in total. The summed E-state index contributed by atoms with van der Waals surface area (Å²) in [6, 6.07) is 32.5. The molecule has 0 N–H and O–H groups in total. The molecule has 3 rings (SSSR count). The Morgan fingerprint density at radius 2 is 0.650 bits per heavy atom. The Kier molecular flexibility index (Phi) is 5.83. The van der Waals surface area contributed by atoms with Crippen LogP contribution < -0.4 is 15.9 Å². The zero-order valence-corrected chi connectivity index (χ0v) is 15.5. The molecule has 3 aromatic carbocycles. The third-order valence-corrected chi connectivity index (χ3v) is 5.92. The molecule has 20 heavy (non-hydrogen) atoms. The molecule has 2 heteroatoms. The van der Waals surface area contributed by atoms with Crippen LogP contribution in [0.4, 0.5) is 0 Å². The minimum absolute atomic E-state index is 0. The molecular formula is C18H18PSb+. The topological polar surface area (TPSA) is 0 Å². The number of hydrogen-bond acceptors (Lipinski definition) is 0. The van der Waals surface area contributed by atoms with Crippen LogP contribution in [0.15, 0.2) is 91.0 Å². The molecule has 1 radical (unpaired) electrons. The Bertz CT molecular complexity index is 529. The molecule has 0 aliphatic rings. The SMILES string of the molecule is [SbH2].c1ccc([PH+](c2ccccc2)c2ccccc2)cc1. The molecule has 99 valence electrons. The normalized spacial score (nSPS) is 10.1. The molecule has 0 amide bonds. The van der Waals surface area contributed by atoms with Gasteiger partial charge in [0, 0.05) is 0 Å². The molecule has 0 saturated carbocycles. The summed E-state index contributed by atoms with van der Waals surface area (Å²) in [6.45, 7) is 0. The van der Waals surface area contributed by atoms with Crippen molar-refractivity contribution < 1.29 is 0 Å². The Morgan fingerprint density at radius 3 is 0.900 bits per heavy atom. The summed E-state index contributed by atoms with van der Waals surface area (Å²) >= 11 is 0. The zero-order valence-electron chi connectivity index (χ0n) is 11.2. The first-order valence-electron chi connectivity index (χ1n) is 6.48. The fourth-order valence-electron chi connectivity index (χ4n) is 2.31. The van der Waals surface area contributed by atoms with Crippen molar-refractivity contribution in [2.45, 2.75) is 0 Å². The minimum atomic E-state index is -0.877. The average Bonchev–Trinajstić information content (AvgIpc) is 2.51. The third-order valence-electron chi connectivity index (χ3n) is 3.19. The van der Waals surface area contributed by atoms with Crippen LogP contribution in [-0.4, -0.2) is 24.4 Å². The van der Waals surface area contributed by atoms with E-state index in [4.69, 9.17) is 0 Å². The predicted octanol–water partition coefficient (Wildman–Crippen LogP) is 2.26. The number of hydrogen-bond donors (Lipinski definition) is 0. The van der Waals surface area contributed by atoms with Crippen molar-refractivity contribution >= 4 is 48.3 Å². The van der Waals surface area contributed by atoms with Crippen LogP contribution in [0.2, 0.25) is 0 Å². The van der Waals surface area contributed by atoms with E-state index in [1.54, 1.807) is 0 Å².